The van der Waals surface area contributed by atoms with E-state index in [1.807, 2.05) is 13.8 Å². The third-order valence-corrected chi connectivity index (χ3v) is 2.15. The molecule has 0 N–H and O–H groups in total. The Hall–Kier alpha value is -1.03. The summed E-state index contributed by atoms with van der Waals surface area (Å²) < 4.78 is 43.0. The number of halogens is 3. The van der Waals surface area contributed by atoms with Gasteiger partial charge in [0.1, 0.15) is 0 Å². The first-order valence-corrected chi connectivity index (χ1v) is 5.18. The molecule has 16 heavy (non-hydrogen) atoms. The van der Waals surface area contributed by atoms with Crippen molar-refractivity contribution in [2.45, 2.75) is 32.5 Å². The van der Waals surface area contributed by atoms with E-state index in [2.05, 4.69) is 0 Å². The second kappa shape index (κ2) is 5.34. The van der Waals surface area contributed by atoms with Gasteiger partial charge in [-0.2, -0.15) is 13.2 Å². The zero-order valence-corrected chi connectivity index (χ0v) is 9.34. The fourth-order valence-electron chi connectivity index (χ4n) is 1.42. The van der Waals surface area contributed by atoms with Crippen LogP contribution < -0.4 is 0 Å². The number of ether oxygens (including phenoxy) is 1. The molecule has 1 aromatic carbocycles. The van der Waals surface area contributed by atoms with E-state index < -0.39 is 11.7 Å². The van der Waals surface area contributed by atoms with Crippen LogP contribution in [-0.2, 0) is 17.3 Å². The van der Waals surface area contributed by atoms with Crippen LogP contribution >= 0.6 is 0 Å². The van der Waals surface area contributed by atoms with Crippen molar-refractivity contribution in [3.8, 4) is 0 Å². The molecule has 0 atom stereocenters. The summed E-state index contributed by atoms with van der Waals surface area (Å²) in [6.07, 6.45) is -3.96. The third-order valence-electron chi connectivity index (χ3n) is 2.15. The molecule has 0 fully saturated rings. The van der Waals surface area contributed by atoms with Gasteiger partial charge < -0.3 is 4.74 Å². The Morgan fingerprint density at radius 2 is 1.81 bits per heavy atom. The van der Waals surface area contributed by atoms with Gasteiger partial charge in [-0.1, -0.05) is 18.2 Å². The predicted molar refractivity (Wildman–Crippen MR) is 56.2 cm³/mol. The Labute approximate surface area is 93.2 Å². The van der Waals surface area contributed by atoms with Gasteiger partial charge in [0.25, 0.3) is 0 Å². The maximum atomic E-state index is 12.6. The summed E-state index contributed by atoms with van der Waals surface area (Å²) in [5.41, 5.74) is -0.280. The molecular weight excluding hydrogens is 217 g/mol. The molecule has 0 unspecified atom stereocenters. The highest BCUT2D eigenvalue weighted by Gasteiger charge is 2.32. The molecule has 0 aliphatic heterocycles. The zero-order chi connectivity index (χ0) is 12.2. The van der Waals surface area contributed by atoms with Crippen molar-refractivity contribution < 1.29 is 17.9 Å². The van der Waals surface area contributed by atoms with Gasteiger partial charge >= 0.3 is 6.18 Å². The standard InChI is InChI=1S/C12H15F3O/c1-9(2)16-8-7-10-5-3-4-6-11(10)12(13,14)15/h3-6,9H,7-8H2,1-2H3. The first-order chi connectivity index (χ1) is 7.41. The van der Waals surface area contributed by atoms with Crippen molar-refractivity contribution in [3.05, 3.63) is 35.4 Å². The van der Waals surface area contributed by atoms with E-state index in [0.717, 1.165) is 6.07 Å². The van der Waals surface area contributed by atoms with Crippen molar-refractivity contribution in [1.29, 1.82) is 0 Å². The smallest absolute Gasteiger partial charge is 0.378 e. The number of rotatable bonds is 4. The van der Waals surface area contributed by atoms with Gasteiger partial charge in [-0.25, -0.2) is 0 Å². The molecule has 0 amide bonds. The highest BCUT2D eigenvalue weighted by atomic mass is 19.4. The van der Waals surface area contributed by atoms with Crippen LogP contribution in [0.2, 0.25) is 0 Å². The first-order valence-electron chi connectivity index (χ1n) is 5.18. The first kappa shape index (κ1) is 13.0. The molecular formula is C12H15F3O. The van der Waals surface area contributed by atoms with Gasteiger partial charge in [0.15, 0.2) is 0 Å². The molecule has 0 aliphatic rings. The van der Waals surface area contributed by atoms with E-state index in [-0.39, 0.29) is 18.1 Å². The molecule has 0 bridgehead atoms. The van der Waals surface area contributed by atoms with Gasteiger partial charge in [0.2, 0.25) is 0 Å². The van der Waals surface area contributed by atoms with E-state index >= 15 is 0 Å². The average molecular weight is 232 g/mol. The quantitative estimate of drug-likeness (QED) is 0.769. The van der Waals surface area contributed by atoms with Gasteiger partial charge in [-0.05, 0) is 31.9 Å². The number of hydrogen-bond acceptors (Lipinski definition) is 1. The second-order valence-corrected chi connectivity index (χ2v) is 3.82. The number of benzene rings is 1. The average Bonchev–Trinajstić information content (AvgIpc) is 2.16. The summed E-state index contributed by atoms with van der Waals surface area (Å²) >= 11 is 0. The summed E-state index contributed by atoms with van der Waals surface area (Å²) in [7, 11) is 0. The molecule has 0 spiro atoms. The Kier molecular flexibility index (Phi) is 4.35. The van der Waals surface area contributed by atoms with Crippen molar-refractivity contribution in [2.75, 3.05) is 6.61 Å². The molecule has 4 heteroatoms. The fraction of sp³-hybridized carbons (Fsp3) is 0.500. The van der Waals surface area contributed by atoms with Gasteiger partial charge in [0.05, 0.1) is 18.3 Å². The lowest BCUT2D eigenvalue weighted by molar-refractivity contribution is -0.138. The van der Waals surface area contributed by atoms with E-state index in [9.17, 15) is 13.2 Å². The lowest BCUT2D eigenvalue weighted by Gasteiger charge is -2.13. The molecule has 0 radical (unpaired) electrons. The second-order valence-electron chi connectivity index (χ2n) is 3.82. The number of alkyl halides is 3. The summed E-state index contributed by atoms with van der Waals surface area (Å²) in [6, 6.07) is 5.60. The summed E-state index contributed by atoms with van der Waals surface area (Å²) in [4.78, 5) is 0. The van der Waals surface area contributed by atoms with Crippen LogP contribution in [0.3, 0.4) is 0 Å². The Morgan fingerprint density at radius 1 is 1.19 bits per heavy atom. The normalized spacial score (nSPS) is 12.1. The van der Waals surface area contributed by atoms with Crippen molar-refractivity contribution in [1.82, 2.24) is 0 Å². The largest absolute Gasteiger partial charge is 0.416 e. The molecule has 1 rings (SSSR count). The molecule has 1 aromatic rings. The van der Waals surface area contributed by atoms with E-state index in [0.29, 0.717) is 6.61 Å². The minimum Gasteiger partial charge on any atom is -0.378 e. The molecule has 0 aliphatic carbocycles. The Morgan fingerprint density at radius 3 is 2.38 bits per heavy atom. The molecule has 0 saturated heterocycles. The van der Waals surface area contributed by atoms with Crippen molar-refractivity contribution in [2.24, 2.45) is 0 Å². The maximum Gasteiger partial charge on any atom is 0.416 e. The zero-order valence-electron chi connectivity index (χ0n) is 9.34. The van der Waals surface area contributed by atoms with Gasteiger partial charge in [-0.15, -0.1) is 0 Å². The SMILES string of the molecule is CC(C)OCCc1ccccc1C(F)(F)F. The maximum absolute atomic E-state index is 12.6. The molecule has 1 nitrogen and oxygen atoms in total. The van der Waals surface area contributed by atoms with Gasteiger partial charge in [0, 0.05) is 0 Å². The highest BCUT2D eigenvalue weighted by molar-refractivity contribution is 5.29. The van der Waals surface area contributed by atoms with Crippen LogP contribution in [0, 0.1) is 0 Å². The predicted octanol–water partition coefficient (Wildman–Crippen LogP) is 3.67. The van der Waals surface area contributed by atoms with Gasteiger partial charge in [-0.3, -0.25) is 0 Å². The van der Waals surface area contributed by atoms with E-state index in [1.165, 1.54) is 12.1 Å². The topological polar surface area (TPSA) is 9.23 Å². The molecule has 90 valence electrons. The number of hydrogen-bond donors (Lipinski definition) is 0. The summed E-state index contributed by atoms with van der Waals surface area (Å²) in [5.74, 6) is 0. The molecule has 0 aromatic heterocycles. The van der Waals surface area contributed by atoms with Crippen LogP contribution in [0.1, 0.15) is 25.0 Å². The molecule has 0 heterocycles. The highest BCUT2D eigenvalue weighted by Crippen LogP contribution is 2.31. The van der Waals surface area contributed by atoms with Crippen LogP contribution in [0.5, 0.6) is 0 Å². The summed E-state index contributed by atoms with van der Waals surface area (Å²) in [6.45, 7) is 4.02. The van der Waals surface area contributed by atoms with Crippen LogP contribution in [0.15, 0.2) is 24.3 Å². The minimum absolute atomic E-state index is 0.0399. The Bertz CT molecular complexity index is 331. The third kappa shape index (κ3) is 3.85. The monoisotopic (exact) mass is 232 g/mol. The van der Waals surface area contributed by atoms with E-state index in [1.54, 1.807) is 6.07 Å². The minimum atomic E-state index is -4.28. The van der Waals surface area contributed by atoms with E-state index in [4.69, 9.17) is 4.74 Å². The van der Waals surface area contributed by atoms with Crippen LogP contribution in [-0.4, -0.2) is 12.7 Å². The lowest BCUT2D eigenvalue weighted by Crippen LogP contribution is -2.12. The Balaban J connectivity index is 2.72. The van der Waals surface area contributed by atoms with Crippen molar-refractivity contribution >= 4 is 0 Å². The molecule has 0 saturated carbocycles. The fourth-order valence-corrected chi connectivity index (χ4v) is 1.42. The lowest BCUT2D eigenvalue weighted by atomic mass is 10.0. The van der Waals surface area contributed by atoms with Crippen molar-refractivity contribution in [3.63, 3.8) is 0 Å². The summed E-state index contributed by atoms with van der Waals surface area (Å²) in [5, 5.41) is 0. The van der Waals surface area contributed by atoms with Crippen LogP contribution in [0.25, 0.3) is 0 Å². The van der Waals surface area contributed by atoms with Crippen LogP contribution in [0.4, 0.5) is 13.2 Å².